The van der Waals surface area contributed by atoms with Crippen LogP contribution >= 0.6 is 11.6 Å². The summed E-state index contributed by atoms with van der Waals surface area (Å²) in [4.78, 5) is 27.6. The van der Waals surface area contributed by atoms with Gasteiger partial charge in [-0.15, -0.1) is 0 Å². The molecular formula is C23H19ClF3NO2. The van der Waals surface area contributed by atoms with Crippen molar-refractivity contribution in [3.8, 4) is 0 Å². The molecule has 0 N–H and O–H groups in total. The topological polar surface area (TPSA) is 37.4 Å². The lowest BCUT2D eigenvalue weighted by atomic mass is 9.75. The number of hydrogen-bond acceptors (Lipinski definition) is 2. The van der Waals surface area contributed by atoms with Crippen LogP contribution < -0.4 is 4.90 Å². The lowest BCUT2D eigenvalue weighted by Crippen LogP contribution is -2.41. The number of carbonyl (C=O) groups excluding carboxylic acids is 2. The SMILES string of the molecule is Cc1c(Cl)cccc1N1C(=O)CC(c2ccccc2C(F)(F)F)C2=C1CCCC2=O. The van der Waals surface area contributed by atoms with E-state index in [-0.39, 0.29) is 30.1 Å². The first kappa shape index (κ1) is 20.7. The number of anilines is 1. The van der Waals surface area contributed by atoms with Gasteiger partial charge in [0, 0.05) is 35.1 Å². The Morgan fingerprint density at radius 3 is 2.50 bits per heavy atom. The highest BCUT2D eigenvalue weighted by atomic mass is 35.5. The van der Waals surface area contributed by atoms with Crippen molar-refractivity contribution < 1.29 is 22.8 Å². The van der Waals surface area contributed by atoms with Crippen LogP contribution in [-0.2, 0) is 15.8 Å². The van der Waals surface area contributed by atoms with Gasteiger partial charge in [-0.1, -0.05) is 35.9 Å². The highest BCUT2D eigenvalue weighted by Crippen LogP contribution is 2.47. The Bertz CT molecular complexity index is 1070. The summed E-state index contributed by atoms with van der Waals surface area (Å²) in [5.74, 6) is -1.44. The van der Waals surface area contributed by atoms with Crippen LogP contribution in [0.15, 0.2) is 53.7 Å². The van der Waals surface area contributed by atoms with Gasteiger partial charge in [-0.2, -0.15) is 13.2 Å². The van der Waals surface area contributed by atoms with E-state index in [9.17, 15) is 22.8 Å². The van der Waals surface area contributed by atoms with E-state index in [2.05, 4.69) is 0 Å². The van der Waals surface area contributed by atoms with Crippen molar-refractivity contribution >= 4 is 29.0 Å². The molecule has 1 aliphatic heterocycles. The van der Waals surface area contributed by atoms with E-state index in [0.29, 0.717) is 40.4 Å². The number of Topliss-reactive ketones (excluding diaryl/α,β-unsaturated/α-hetero) is 1. The van der Waals surface area contributed by atoms with E-state index in [1.54, 1.807) is 25.1 Å². The van der Waals surface area contributed by atoms with Crippen LogP contribution in [0.5, 0.6) is 0 Å². The van der Waals surface area contributed by atoms with Crippen molar-refractivity contribution in [3.05, 3.63) is 75.4 Å². The minimum atomic E-state index is -4.57. The first-order valence-corrected chi connectivity index (χ1v) is 10.1. The number of alkyl halides is 3. The van der Waals surface area contributed by atoms with Crippen LogP contribution in [-0.4, -0.2) is 11.7 Å². The lowest BCUT2D eigenvalue weighted by Gasteiger charge is -2.39. The fourth-order valence-corrected chi connectivity index (χ4v) is 4.60. The quantitative estimate of drug-likeness (QED) is 0.566. The molecule has 0 saturated carbocycles. The van der Waals surface area contributed by atoms with Gasteiger partial charge < -0.3 is 0 Å². The molecule has 0 spiro atoms. The van der Waals surface area contributed by atoms with Crippen molar-refractivity contribution in [1.29, 1.82) is 0 Å². The highest BCUT2D eigenvalue weighted by Gasteiger charge is 2.43. The van der Waals surface area contributed by atoms with Gasteiger partial charge >= 0.3 is 6.18 Å². The van der Waals surface area contributed by atoms with E-state index in [1.807, 2.05) is 0 Å². The van der Waals surface area contributed by atoms with Gasteiger partial charge in [0.25, 0.3) is 0 Å². The number of allylic oxidation sites excluding steroid dienone is 2. The molecule has 1 heterocycles. The zero-order valence-corrected chi connectivity index (χ0v) is 17.0. The Balaban J connectivity index is 1.93. The molecule has 0 bridgehead atoms. The first-order valence-electron chi connectivity index (χ1n) is 9.70. The van der Waals surface area contributed by atoms with Crippen molar-refractivity contribution in [2.75, 3.05) is 4.90 Å². The Labute approximate surface area is 177 Å². The van der Waals surface area contributed by atoms with E-state index < -0.39 is 17.7 Å². The number of hydrogen-bond donors (Lipinski definition) is 0. The molecule has 3 nitrogen and oxygen atoms in total. The van der Waals surface area contributed by atoms with Crippen LogP contribution in [0, 0.1) is 6.92 Å². The summed E-state index contributed by atoms with van der Waals surface area (Å²) in [6, 6.07) is 10.4. The Kier molecular flexibility index (Phi) is 5.22. The monoisotopic (exact) mass is 433 g/mol. The molecule has 156 valence electrons. The number of carbonyl (C=O) groups is 2. The third kappa shape index (κ3) is 3.43. The number of amides is 1. The highest BCUT2D eigenvalue weighted by molar-refractivity contribution is 6.31. The zero-order valence-electron chi connectivity index (χ0n) is 16.2. The second-order valence-corrected chi connectivity index (χ2v) is 8.00. The maximum Gasteiger partial charge on any atom is 0.416 e. The minimum Gasteiger partial charge on any atom is -0.294 e. The molecule has 30 heavy (non-hydrogen) atoms. The van der Waals surface area contributed by atoms with Crippen molar-refractivity contribution in [2.24, 2.45) is 0 Å². The number of rotatable bonds is 2. The molecule has 2 aromatic carbocycles. The van der Waals surface area contributed by atoms with Gasteiger partial charge in [0.05, 0.1) is 11.3 Å². The fraction of sp³-hybridized carbons (Fsp3) is 0.304. The molecule has 0 aromatic heterocycles. The van der Waals surface area contributed by atoms with Crippen LogP contribution in [0.1, 0.15) is 48.3 Å². The number of halogens is 4. The fourth-order valence-electron chi connectivity index (χ4n) is 4.44. The maximum atomic E-state index is 13.6. The smallest absolute Gasteiger partial charge is 0.294 e. The van der Waals surface area contributed by atoms with Gasteiger partial charge in [0.2, 0.25) is 5.91 Å². The summed E-state index contributed by atoms with van der Waals surface area (Å²) in [6.07, 6.45) is -3.51. The van der Waals surface area contributed by atoms with E-state index in [0.717, 1.165) is 6.07 Å². The third-order valence-corrected chi connectivity index (χ3v) is 6.21. The summed E-state index contributed by atoms with van der Waals surface area (Å²) < 4.78 is 40.9. The van der Waals surface area contributed by atoms with Crippen LogP contribution in [0.4, 0.5) is 18.9 Å². The maximum absolute atomic E-state index is 13.6. The second-order valence-electron chi connectivity index (χ2n) is 7.59. The predicted molar refractivity (Wildman–Crippen MR) is 108 cm³/mol. The summed E-state index contributed by atoms with van der Waals surface area (Å²) in [5, 5.41) is 0.481. The molecule has 2 aliphatic rings. The minimum absolute atomic E-state index is 0.0245. The van der Waals surface area contributed by atoms with Gasteiger partial charge in [-0.05, 0) is 49.1 Å². The lowest BCUT2D eigenvalue weighted by molar-refractivity contribution is -0.138. The standard InChI is InChI=1S/C23H19ClF3NO2/c1-13-17(24)8-4-9-18(13)28-19-10-5-11-20(29)22(19)15(12-21(28)30)14-6-2-3-7-16(14)23(25,26)27/h2-4,6-9,15H,5,10-12H2,1H3. The molecule has 1 atom stereocenters. The Morgan fingerprint density at radius 2 is 1.77 bits per heavy atom. The number of nitrogens with zero attached hydrogens (tertiary/aromatic N) is 1. The van der Waals surface area contributed by atoms with Crippen LogP contribution in [0.25, 0.3) is 0 Å². The molecule has 0 saturated heterocycles. The van der Waals surface area contributed by atoms with Gasteiger partial charge in [-0.25, -0.2) is 0 Å². The molecule has 1 amide bonds. The Morgan fingerprint density at radius 1 is 1.03 bits per heavy atom. The third-order valence-electron chi connectivity index (χ3n) is 5.80. The summed E-state index contributed by atoms with van der Waals surface area (Å²) in [5.41, 5.74) is 1.24. The largest absolute Gasteiger partial charge is 0.416 e. The van der Waals surface area contributed by atoms with Gasteiger partial charge in [0.1, 0.15) is 0 Å². The predicted octanol–water partition coefficient (Wildman–Crippen LogP) is 6.19. The van der Waals surface area contributed by atoms with Crippen molar-refractivity contribution in [3.63, 3.8) is 0 Å². The second kappa shape index (κ2) is 7.58. The van der Waals surface area contributed by atoms with Gasteiger partial charge in [0.15, 0.2) is 5.78 Å². The normalized spacial score (nSPS) is 19.9. The zero-order chi connectivity index (χ0) is 21.6. The molecule has 0 fully saturated rings. The molecule has 4 rings (SSSR count). The van der Waals surface area contributed by atoms with E-state index in [1.165, 1.54) is 23.1 Å². The summed E-state index contributed by atoms with van der Waals surface area (Å²) in [6.45, 7) is 1.78. The van der Waals surface area contributed by atoms with Crippen molar-refractivity contribution in [1.82, 2.24) is 0 Å². The molecular weight excluding hydrogens is 415 g/mol. The van der Waals surface area contributed by atoms with E-state index >= 15 is 0 Å². The number of benzene rings is 2. The van der Waals surface area contributed by atoms with Crippen LogP contribution in [0.2, 0.25) is 5.02 Å². The first-order chi connectivity index (χ1) is 14.2. The molecule has 1 aliphatic carbocycles. The molecule has 2 aromatic rings. The summed E-state index contributed by atoms with van der Waals surface area (Å²) in [7, 11) is 0. The molecule has 7 heteroatoms. The molecule has 1 unspecified atom stereocenters. The number of ketones is 1. The molecule has 0 radical (unpaired) electrons. The Hall–Kier alpha value is -2.60. The van der Waals surface area contributed by atoms with Crippen molar-refractivity contribution in [2.45, 2.75) is 44.7 Å². The average molecular weight is 434 g/mol. The van der Waals surface area contributed by atoms with Crippen LogP contribution in [0.3, 0.4) is 0 Å². The summed E-state index contributed by atoms with van der Waals surface area (Å²) >= 11 is 6.23. The van der Waals surface area contributed by atoms with E-state index in [4.69, 9.17) is 11.6 Å². The average Bonchev–Trinajstić information content (AvgIpc) is 2.69. The van der Waals surface area contributed by atoms with Gasteiger partial charge in [-0.3, -0.25) is 14.5 Å².